The zero-order chi connectivity index (χ0) is 17.9. The number of rotatable bonds is 5. The van der Waals surface area contributed by atoms with E-state index in [1.807, 2.05) is 32.0 Å². The van der Waals surface area contributed by atoms with Crippen molar-refractivity contribution in [3.63, 3.8) is 0 Å². The maximum atomic E-state index is 12.3. The standard InChI is InChI=1S/C17H18BrN3O3/c1-11-4-5-12(2)14(8-11)19-17(22)10-20(3)15-7-6-13(18)9-16(15)21(23)24/h4-9H,10H2,1-3H3,(H,19,22). The lowest BCUT2D eigenvalue weighted by Gasteiger charge is -2.19. The molecular weight excluding hydrogens is 374 g/mol. The Balaban J connectivity index is 2.15. The molecule has 7 heteroatoms. The van der Waals surface area contributed by atoms with Gasteiger partial charge in [0.05, 0.1) is 11.5 Å². The van der Waals surface area contributed by atoms with Crippen LogP contribution in [0.15, 0.2) is 40.9 Å². The maximum Gasteiger partial charge on any atom is 0.293 e. The average molecular weight is 392 g/mol. The fraction of sp³-hybridized carbons (Fsp3) is 0.235. The summed E-state index contributed by atoms with van der Waals surface area (Å²) in [6, 6.07) is 10.6. The highest BCUT2D eigenvalue weighted by molar-refractivity contribution is 9.10. The maximum absolute atomic E-state index is 12.3. The predicted molar refractivity (Wildman–Crippen MR) is 98.6 cm³/mol. The Bertz CT molecular complexity index is 793. The molecule has 126 valence electrons. The van der Waals surface area contributed by atoms with E-state index in [2.05, 4.69) is 21.2 Å². The number of carbonyl (C=O) groups excluding carboxylic acids is 1. The summed E-state index contributed by atoms with van der Waals surface area (Å²) in [4.78, 5) is 24.6. The number of hydrogen-bond donors (Lipinski definition) is 1. The van der Waals surface area contributed by atoms with Crippen LogP contribution in [0.1, 0.15) is 11.1 Å². The van der Waals surface area contributed by atoms with Crippen molar-refractivity contribution in [2.75, 3.05) is 23.8 Å². The van der Waals surface area contributed by atoms with Crippen LogP contribution in [0.2, 0.25) is 0 Å². The van der Waals surface area contributed by atoms with Crippen LogP contribution < -0.4 is 10.2 Å². The van der Waals surface area contributed by atoms with E-state index in [4.69, 9.17) is 0 Å². The first-order valence-electron chi connectivity index (χ1n) is 7.30. The molecule has 0 atom stereocenters. The smallest absolute Gasteiger partial charge is 0.293 e. The van der Waals surface area contributed by atoms with Crippen LogP contribution in [-0.2, 0) is 4.79 Å². The third-order valence-electron chi connectivity index (χ3n) is 3.59. The summed E-state index contributed by atoms with van der Waals surface area (Å²) in [7, 11) is 1.65. The number of nitrogens with zero attached hydrogens (tertiary/aromatic N) is 2. The van der Waals surface area contributed by atoms with Crippen LogP contribution in [0.4, 0.5) is 17.1 Å². The summed E-state index contributed by atoms with van der Waals surface area (Å²) in [6.45, 7) is 3.88. The number of aryl methyl sites for hydroxylation is 2. The Morgan fingerprint density at radius 2 is 1.96 bits per heavy atom. The van der Waals surface area contributed by atoms with Crippen LogP contribution in [0.25, 0.3) is 0 Å². The van der Waals surface area contributed by atoms with Crippen LogP contribution in [0, 0.1) is 24.0 Å². The molecule has 0 saturated heterocycles. The van der Waals surface area contributed by atoms with Gasteiger partial charge in [-0.05, 0) is 43.2 Å². The molecule has 0 bridgehead atoms. The molecular formula is C17H18BrN3O3. The van der Waals surface area contributed by atoms with Crippen molar-refractivity contribution < 1.29 is 9.72 Å². The van der Waals surface area contributed by atoms with E-state index in [9.17, 15) is 14.9 Å². The predicted octanol–water partition coefficient (Wildman–Crippen LogP) is 4.05. The van der Waals surface area contributed by atoms with Gasteiger partial charge in [-0.1, -0.05) is 28.1 Å². The van der Waals surface area contributed by atoms with Gasteiger partial charge in [-0.25, -0.2) is 0 Å². The topological polar surface area (TPSA) is 75.5 Å². The number of amides is 1. The van der Waals surface area contributed by atoms with Crippen LogP contribution in [0.3, 0.4) is 0 Å². The molecule has 0 fully saturated rings. The van der Waals surface area contributed by atoms with Gasteiger partial charge in [0.15, 0.2) is 0 Å². The van der Waals surface area contributed by atoms with Crippen molar-refractivity contribution in [1.29, 1.82) is 0 Å². The molecule has 0 aromatic heterocycles. The van der Waals surface area contributed by atoms with Crippen LogP contribution in [-0.4, -0.2) is 24.4 Å². The first kappa shape index (κ1) is 17.9. The van der Waals surface area contributed by atoms with Gasteiger partial charge < -0.3 is 10.2 Å². The molecule has 0 heterocycles. The van der Waals surface area contributed by atoms with Crippen molar-refractivity contribution in [3.8, 4) is 0 Å². The highest BCUT2D eigenvalue weighted by atomic mass is 79.9. The van der Waals surface area contributed by atoms with E-state index in [1.165, 1.54) is 6.07 Å². The van der Waals surface area contributed by atoms with E-state index in [0.717, 1.165) is 16.8 Å². The van der Waals surface area contributed by atoms with E-state index in [0.29, 0.717) is 10.2 Å². The van der Waals surface area contributed by atoms with E-state index < -0.39 is 4.92 Å². The van der Waals surface area contributed by atoms with Gasteiger partial charge in [-0.15, -0.1) is 0 Å². The number of nitrogens with one attached hydrogen (secondary N) is 1. The Morgan fingerprint density at radius 3 is 2.62 bits per heavy atom. The molecule has 2 aromatic rings. The molecule has 0 unspecified atom stereocenters. The molecule has 0 aliphatic carbocycles. The molecule has 2 aromatic carbocycles. The van der Waals surface area contributed by atoms with E-state index in [-0.39, 0.29) is 18.1 Å². The molecule has 2 rings (SSSR count). The summed E-state index contributed by atoms with van der Waals surface area (Å²) < 4.78 is 0.617. The Morgan fingerprint density at radius 1 is 1.25 bits per heavy atom. The molecule has 0 aliphatic heterocycles. The summed E-state index contributed by atoms with van der Waals surface area (Å²) in [5, 5.41) is 14.0. The van der Waals surface area contributed by atoms with Crippen LogP contribution in [0.5, 0.6) is 0 Å². The zero-order valence-corrected chi connectivity index (χ0v) is 15.3. The van der Waals surface area contributed by atoms with Gasteiger partial charge >= 0.3 is 0 Å². The van der Waals surface area contributed by atoms with Gasteiger partial charge in [0.1, 0.15) is 5.69 Å². The minimum absolute atomic E-state index is 0.00978. The number of halogens is 1. The average Bonchev–Trinajstić information content (AvgIpc) is 2.50. The zero-order valence-electron chi connectivity index (χ0n) is 13.7. The Hall–Kier alpha value is -2.41. The SMILES string of the molecule is Cc1ccc(C)c(NC(=O)CN(C)c2ccc(Br)cc2[N+](=O)[O-])c1. The van der Waals surface area contributed by atoms with E-state index in [1.54, 1.807) is 24.1 Å². The second-order valence-corrected chi connectivity index (χ2v) is 6.53. The molecule has 0 spiro atoms. The molecule has 1 N–H and O–H groups in total. The monoisotopic (exact) mass is 391 g/mol. The van der Waals surface area contributed by atoms with Crippen LogP contribution >= 0.6 is 15.9 Å². The fourth-order valence-corrected chi connectivity index (χ4v) is 2.68. The van der Waals surface area contributed by atoms with Gasteiger partial charge in [0.2, 0.25) is 5.91 Å². The largest absolute Gasteiger partial charge is 0.360 e. The normalized spacial score (nSPS) is 10.3. The summed E-state index contributed by atoms with van der Waals surface area (Å²) in [5.41, 5.74) is 3.10. The molecule has 6 nitrogen and oxygen atoms in total. The fourth-order valence-electron chi connectivity index (χ4n) is 2.33. The molecule has 0 aliphatic rings. The number of hydrogen-bond acceptors (Lipinski definition) is 4. The first-order chi connectivity index (χ1) is 11.3. The van der Waals surface area contributed by atoms with Gasteiger partial charge in [-0.2, -0.15) is 0 Å². The summed E-state index contributed by atoms with van der Waals surface area (Å²) >= 11 is 3.22. The molecule has 0 saturated carbocycles. The highest BCUT2D eigenvalue weighted by Crippen LogP contribution is 2.30. The van der Waals surface area contributed by atoms with E-state index >= 15 is 0 Å². The summed E-state index contributed by atoms with van der Waals surface area (Å²) in [6.07, 6.45) is 0. The third kappa shape index (κ3) is 4.32. The van der Waals surface area contributed by atoms with Crippen molar-refractivity contribution >= 4 is 38.9 Å². The highest BCUT2D eigenvalue weighted by Gasteiger charge is 2.19. The second-order valence-electron chi connectivity index (χ2n) is 5.61. The van der Waals surface area contributed by atoms with Crippen molar-refractivity contribution in [1.82, 2.24) is 0 Å². The number of nitro benzene ring substituents is 1. The molecule has 0 radical (unpaired) electrons. The minimum Gasteiger partial charge on any atom is -0.360 e. The number of carbonyl (C=O) groups is 1. The lowest BCUT2D eigenvalue weighted by Crippen LogP contribution is -2.30. The number of benzene rings is 2. The van der Waals surface area contributed by atoms with Crippen molar-refractivity contribution in [3.05, 3.63) is 62.1 Å². The number of anilines is 2. The second kappa shape index (κ2) is 7.44. The van der Waals surface area contributed by atoms with Crippen molar-refractivity contribution in [2.24, 2.45) is 0 Å². The number of likely N-dealkylation sites (N-methyl/N-ethyl adjacent to an activating group) is 1. The van der Waals surface area contributed by atoms with Crippen molar-refractivity contribution in [2.45, 2.75) is 13.8 Å². The quantitative estimate of drug-likeness (QED) is 0.615. The van der Waals surface area contributed by atoms with Gasteiger partial charge in [0.25, 0.3) is 5.69 Å². The number of nitro groups is 1. The van der Waals surface area contributed by atoms with Gasteiger partial charge in [0, 0.05) is 23.3 Å². The first-order valence-corrected chi connectivity index (χ1v) is 8.09. The summed E-state index contributed by atoms with van der Waals surface area (Å²) in [5.74, 6) is -0.233. The Kier molecular flexibility index (Phi) is 5.56. The third-order valence-corrected chi connectivity index (χ3v) is 4.09. The lowest BCUT2D eigenvalue weighted by atomic mass is 10.1. The molecule has 1 amide bonds. The van der Waals surface area contributed by atoms with Gasteiger partial charge in [-0.3, -0.25) is 14.9 Å². The molecule has 24 heavy (non-hydrogen) atoms. The lowest BCUT2D eigenvalue weighted by molar-refractivity contribution is -0.384. The minimum atomic E-state index is -0.459. The Labute approximate surface area is 148 Å².